The van der Waals surface area contributed by atoms with Crippen LogP contribution in [0.1, 0.15) is 134 Å². The second-order valence-electron chi connectivity index (χ2n) is 18.8. The van der Waals surface area contributed by atoms with E-state index in [0.717, 1.165) is 49.7 Å². The summed E-state index contributed by atoms with van der Waals surface area (Å²) in [6.45, 7) is 17.7. The summed E-state index contributed by atoms with van der Waals surface area (Å²) >= 11 is 0. The Hall–Kier alpha value is -2.75. The second-order valence-corrected chi connectivity index (χ2v) is 20.4. The molecule has 0 heterocycles. The maximum Gasteiger partial charge on any atom is 0.251 e. The average Bonchev–Trinajstić information content (AvgIpc) is 3.11. The molecular weight excluding hydrogens is 683 g/mol. The minimum atomic E-state index is -3.74. The number of fused-ring (bicyclic) bond motifs is 5. The molecule has 2 aromatic rings. The van der Waals surface area contributed by atoms with E-state index in [9.17, 15) is 23.1 Å². The largest absolute Gasteiger partial charge is 0.393 e. The predicted octanol–water partition coefficient (Wildman–Crippen LogP) is 7.78. The van der Waals surface area contributed by atoms with Crippen LogP contribution in [0.15, 0.2) is 53.4 Å². The quantitative estimate of drug-likeness (QED) is 0.197. The van der Waals surface area contributed by atoms with E-state index >= 15 is 0 Å². The van der Waals surface area contributed by atoms with Crippen molar-refractivity contribution in [3.63, 3.8) is 0 Å². The van der Waals surface area contributed by atoms with Crippen LogP contribution < -0.4 is 15.8 Å². The molecule has 0 saturated heterocycles. The lowest BCUT2D eigenvalue weighted by Gasteiger charge is -2.72. The number of carbonyl (C=O) groups is 2. The van der Waals surface area contributed by atoms with Gasteiger partial charge in [0.05, 0.1) is 16.4 Å². The zero-order valence-electron chi connectivity index (χ0n) is 33.3. The van der Waals surface area contributed by atoms with E-state index in [1.807, 2.05) is 18.2 Å². The number of aliphatic hydroxyl groups is 1. The number of benzene rings is 2. The van der Waals surface area contributed by atoms with Gasteiger partial charge in [-0.25, -0.2) is 13.6 Å². The number of primary sulfonamides is 1. The Morgan fingerprint density at radius 3 is 2.25 bits per heavy atom. The van der Waals surface area contributed by atoms with Crippen LogP contribution in [-0.4, -0.2) is 38.0 Å². The van der Waals surface area contributed by atoms with Gasteiger partial charge in [0.15, 0.2) is 0 Å². The van der Waals surface area contributed by atoms with Gasteiger partial charge in [0.1, 0.15) is 0 Å². The molecule has 0 aliphatic heterocycles. The van der Waals surface area contributed by atoms with Gasteiger partial charge in [-0.1, -0.05) is 79.2 Å². The van der Waals surface area contributed by atoms with Gasteiger partial charge < -0.3 is 15.7 Å². The number of nitrogens with two attached hydrogens (primary N) is 1. The molecule has 6 rings (SSSR count). The number of carbonyl (C=O) groups excluding carboxylic acids is 2. The summed E-state index contributed by atoms with van der Waals surface area (Å²) in [7, 11) is -3.74. The van der Waals surface area contributed by atoms with Crippen LogP contribution in [0.2, 0.25) is 0 Å². The van der Waals surface area contributed by atoms with Crippen molar-refractivity contribution in [2.45, 2.75) is 137 Å². The van der Waals surface area contributed by atoms with Gasteiger partial charge in [-0.15, -0.1) is 0 Å². The zero-order chi connectivity index (χ0) is 38.6. The Balaban J connectivity index is 1.11. The fourth-order valence-corrected chi connectivity index (χ4v) is 13.5. The summed E-state index contributed by atoms with van der Waals surface area (Å²) in [4.78, 5) is 27.6. The van der Waals surface area contributed by atoms with Crippen LogP contribution in [0, 0.1) is 50.7 Å². The number of hydrogen-bond acceptors (Lipinski definition) is 5. The minimum absolute atomic E-state index is 0.0573. The van der Waals surface area contributed by atoms with E-state index in [4.69, 9.17) is 5.14 Å². The van der Waals surface area contributed by atoms with Crippen LogP contribution in [0.3, 0.4) is 0 Å². The molecule has 292 valence electrons. The van der Waals surface area contributed by atoms with Crippen molar-refractivity contribution in [1.82, 2.24) is 10.6 Å². The molecule has 9 heteroatoms. The maximum atomic E-state index is 14.5. The predicted molar refractivity (Wildman–Crippen MR) is 210 cm³/mol. The van der Waals surface area contributed by atoms with E-state index in [-0.39, 0.29) is 50.4 Å². The maximum absolute atomic E-state index is 14.5. The number of hydrogen-bond donors (Lipinski definition) is 4. The first-order valence-corrected chi connectivity index (χ1v) is 21.8. The van der Waals surface area contributed by atoms with Crippen molar-refractivity contribution in [2.75, 3.05) is 6.54 Å². The van der Waals surface area contributed by atoms with Crippen LogP contribution in [0.5, 0.6) is 0 Å². The first kappa shape index (κ1) is 39.9. The van der Waals surface area contributed by atoms with Crippen molar-refractivity contribution >= 4 is 21.8 Å². The van der Waals surface area contributed by atoms with Gasteiger partial charge in [-0.2, -0.15) is 0 Å². The van der Waals surface area contributed by atoms with Crippen LogP contribution in [0.25, 0.3) is 0 Å². The highest BCUT2D eigenvalue weighted by molar-refractivity contribution is 7.89. The molecule has 2 amide bonds. The highest BCUT2D eigenvalue weighted by Crippen LogP contribution is 2.75. The molecule has 4 aliphatic rings. The third-order valence-electron chi connectivity index (χ3n) is 16.2. The Morgan fingerprint density at radius 2 is 1.57 bits per heavy atom. The number of amides is 2. The Labute approximate surface area is 318 Å². The molecule has 0 bridgehead atoms. The Bertz CT molecular complexity index is 1790. The third kappa shape index (κ3) is 6.79. The lowest BCUT2D eigenvalue weighted by molar-refractivity contribution is -0.246. The highest BCUT2D eigenvalue weighted by Gasteiger charge is 2.69. The Morgan fingerprint density at radius 1 is 0.849 bits per heavy atom. The molecule has 4 saturated carbocycles. The fourth-order valence-electron chi connectivity index (χ4n) is 13.0. The van der Waals surface area contributed by atoms with E-state index in [0.29, 0.717) is 42.8 Å². The van der Waals surface area contributed by atoms with Crippen LogP contribution in [-0.2, 0) is 27.8 Å². The van der Waals surface area contributed by atoms with Crippen molar-refractivity contribution < 1.29 is 23.1 Å². The summed E-state index contributed by atoms with van der Waals surface area (Å²) in [5.41, 5.74) is 2.46. The minimum Gasteiger partial charge on any atom is -0.393 e. The SMILES string of the molecule is CCCC1(C(=O)NCc2cccc(C(=O)NCCc3ccc(S(N)(=O)=O)cc3)c2)CC[C@]2(C)C(CCC3C4(C)CCC(O)C(C)(C)C4CCC32C)C1C. The van der Waals surface area contributed by atoms with Crippen molar-refractivity contribution in [2.24, 2.45) is 55.9 Å². The molecule has 8 unspecified atom stereocenters. The standard InChI is InChI=1S/C44H65N3O5S/c1-8-21-44(39(50)47-28-31-10-9-11-32(27-31)38(49)46-26-20-30-12-14-33(15-13-30)53(45,51)52)25-24-42(6)34(29(44)2)16-17-36-41(5)22-19-37(48)40(3,4)35(41)18-23-43(36,42)7/h9-15,27,29,34-37,48H,8,16-26,28H2,1-7H3,(H,46,49)(H,47,50)(H2,45,51,52)/t29?,34?,35?,36?,37?,41?,42-,43?,44?/m1/s1. The molecule has 53 heavy (non-hydrogen) atoms. The average molecular weight is 748 g/mol. The van der Waals surface area contributed by atoms with Gasteiger partial charge >= 0.3 is 0 Å². The van der Waals surface area contributed by atoms with Crippen molar-refractivity contribution in [1.29, 1.82) is 0 Å². The van der Waals surface area contributed by atoms with E-state index in [2.05, 4.69) is 59.1 Å². The smallest absolute Gasteiger partial charge is 0.251 e. The van der Waals surface area contributed by atoms with E-state index in [1.165, 1.54) is 37.8 Å². The van der Waals surface area contributed by atoms with E-state index in [1.54, 1.807) is 18.2 Å². The van der Waals surface area contributed by atoms with Gasteiger partial charge in [0, 0.05) is 18.7 Å². The highest BCUT2D eigenvalue weighted by atomic mass is 32.2. The monoisotopic (exact) mass is 747 g/mol. The van der Waals surface area contributed by atoms with Gasteiger partial charge in [-0.05, 0) is 145 Å². The molecule has 0 spiro atoms. The van der Waals surface area contributed by atoms with Crippen molar-refractivity contribution in [3.8, 4) is 0 Å². The van der Waals surface area contributed by atoms with Gasteiger partial charge in [0.2, 0.25) is 15.9 Å². The summed E-state index contributed by atoms with van der Waals surface area (Å²) < 4.78 is 23.1. The summed E-state index contributed by atoms with van der Waals surface area (Å²) in [6.07, 6.45) is 10.9. The molecule has 0 aromatic heterocycles. The lowest BCUT2D eigenvalue weighted by Crippen LogP contribution is -2.67. The van der Waals surface area contributed by atoms with Crippen LogP contribution in [0.4, 0.5) is 0 Å². The summed E-state index contributed by atoms with van der Waals surface area (Å²) in [5.74, 6) is 1.88. The molecule has 8 nitrogen and oxygen atoms in total. The number of aliphatic hydroxyl groups excluding tert-OH is 1. The number of rotatable bonds is 10. The molecule has 5 N–H and O–H groups in total. The molecular formula is C44H65N3O5S. The molecule has 0 radical (unpaired) electrons. The molecule has 4 fully saturated rings. The molecule has 4 aliphatic carbocycles. The van der Waals surface area contributed by atoms with Gasteiger partial charge in [0.25, 0.3) is 5.91 Å². The second kappa shape index (κ2) is 14.4. The molecule has 2 aromatic carbocycles. The van der Waals surface area contributed by atoms with Crippen molar-refractivity contribution in [3.05, 3.63) is 65.2 Å². The summed E-state index contributed by atoms with van der Waals surface area (Å²) in [5, 5.41) is 22.6. The zero-order valence-corrected chi connectivity index (χ0v) is 34.1. The fraction of sp³-hybridized carbons (Fsp3) is 0.682. The normalized spacial score (nSPS) is 36.4. The van der Waals surface area contributed by atoms with E-state index < -0.39 is 15.4 Å². The number of sulfonamides is 1. The Kier molecular flexibility index (Phi) is 10.8. The lowest BCUT2D eigenvalue weighted by atomic mass is 9.32. The first-order chi connectivity index (χ1) is 24.8. The first-order valence-electron chi connectivity index (χ1n) is 20.3. The van der Waals surface area contributed by atoms with Gasteiger partial charge in [-0.3, -0.25) is 9.59 Å². The topological polar surface area (TPSA) is 139 Å². The third-order valence-corrected chi connectivity index (χ3v) is 17.2. The van der Waals surface area contributed by atoms with Crippen LogP contribution >= 0.6 is 0 Å². The summed E-state index contributed by atoms with van der Waals surface area (Å²) in [6, 6.07) is 13.8. The number of nitrogens with one attached hydrogen (secondary N) is 2. The molecule has 9 atom stereocenters.